The molecule has 0 saturated carbocycles. The van der Waals surface area contributed by atoms with E-state index >= 15 is 0 Å². The van der Waals surface area contributed by atoms with Gasteiger partial charge in [0.25, 0.3) is 0 Å². The molecule has 237 valence electrons. The molecule has 0 unspecified atom stereocenters. The van der Waals surface area contributed by atoms with Gasteiger partial charge in [-0.05, 0) is 25.1 Å². The van der Waals surface area contributed by atoms with Crippen LogP contribution in [0.1, 0.15) is 33.3 Å². The topological polar surface area (TPSA) is 43.9 Å². The van der Waals surface area contributed by atoms with E-state index in [2.05, 4.69) is 98.2 Å². The summed E-state index contributed by atoms with van der Waals surface area (Å²) >= 11 is -1.90. The summed E-state index contributed by atoms with van der Waals surface area (Å²) in [6.45, 7) is 9.90. The van der Waals surface area contributed by atoms with Crippen molar-refractivity contribution in [3.63, 3.8) is 0 Å². The van der Waals surface area contributed by atoms with Crippen molar-refractivity contribution in [2.24, 2.45) is 5.41 Å². The molecule has 1 radical (unpaired) electrons. The van der Waals surface area contributed by atoms with E-state index in [1.807, 2.05) is 60.7 Å². The maximum atomic E-state index is 6.15. The molecule has 0 aliphatic carbocycles. The molecule has 0 amide bonds. The van der Waals surface area contributed by atoms with Crippen molar-refractivity contribution < 1.29 is 24.5 Å². The fraction of sp³-hybridized carbons (Fsp3) is 0.250. The van der Waals surface area contributed by atoms with Crippen molar-refractivity contribution in [3.05, 3.63) is 115 Å². The zero-order chi connectivity index (χ0) is 31.8. The Bertz CT molecular complexity index is 2100. The minimum absolute atomic E-state index is 0. The number of hydrogen-bond donors (Lipinski definition) is 0. The predicted molar refractivity (Wildman–Crippen MR) is 192 cm³/mol. The van der Waals surface area contributed by atoms with E-state index in [0.29, 0.717) is 5.41 Å². The largest absolute Gasteiger partial charge is 0.501 e. The number of benzene rings is 4. The molecule has 0 bridgehead atoms. The first kappa shape index (κ1) is 33.8. The maximum absolute atomic E-state index is 6.15. The van der Waals surface area contributed by atoms with E-state index in [4.69, 9.17) is 14.4 Å². The van der Waals surface area contributed by atoms with E-state index in [-0.39, 0.29) is 20.1 Å². The van der Waals surface area contributed by atoms with Crippen LogP contribution in [0.3, 0.4) is 0 Å². The summed E-state index contributed by atoms with van der Waals surface area (Å²) < 4.78 is 9.90. The van der Waals surface area contributed by atoms with E-state index in [1.165, 1.54) is 9.96 Å². The van der Waals surface area contributed by atoms with Crippen LogP contribution < -0.4 is 4.40 Å². The molecule has 4 aromatic carbocycles. The average molecular weight is 845 g/mol. The Balaban J connectivity index is 0.000000179. The molecule has 0 spiro atoms. The summed E-state index contributed by atoms with van der Waals surface area (Å²) in [6.07, 6.45) is 3.24. The summed E-state index contributed by atoms with van der Waals surface area (Å²) in [4.78, 5) is 9.57. The third-order valence-corrected chi connectivity index (χ3v) is 12.4. The molecule has 7 rings (SSSR count). The monoisotopic (exact) mass is 846 g/mol. The molecule has 3 aromatic heterocycles. The number of aryl methyl sites for hydroxylation is 1. The Morgan fingerprint density at radius 1 is 0.848 bits per heavy atom. The van der Waals surface area contributed by atoms with Crippen LogP contribution >= 0.6 is 0 Å². The van der Waals surface area contributed by atoms with Crippen LogP contribution in [0, 0.1) is 17.5 Å². The molecule has 0 N–H and O–H groups in total. The Morgan fingerprint density at radius 3 is 2.30 bits per heavy atom. The number of rotatable bonds is 5. The van der Waals surface area contributed by atoms with Gasteiger partial charge in [0.15, 0.2) is 0 Å². The Morgan fingerprint density at radius 2 is 1.59 bits per heavy atom. The second kappa shape index (κ2) is 13.7. The van der Waals surface area contributed by atoms with Gasteiger partial charge in [-0.1, -0.05) is 41.3 Å². The molecule has 4 nitrogen and oxygen atoms in total. The Hall–Kier alpha value is -3.51. The number of nitrogens with zero attached hydrogens (tertiary/aromatic N) is 3. The van der Waals surface area contributed by atoms with Crippen molar-refractivity contribution in [1.82, 2.24) is 14.5 Å². The number of pyridine rings is 1. The zero-order valence-electron chi connectivity index (χ0n) is 27.7. The zero-order valence-corrected chi connectivity index (χ0v) is 32.2. The first-order valence-corrected chi connectivity index (χ1v) is 23.1. The molecular formula is C40H41GeIrN3O-2. The van der Waals surface area contributed by atoms with Crippen LogP contribution in [0.25, 0.3) is 55.6 Å². The number of hydrogen-bond acceptors (Lipinski definition) is 3. The molecule has 46 heavy (non-hydrogen) atoms. The SMILES string of the molecule is CC(C)(C)Cc1cc(-c2[c-]cccc2)nc[c]1[Ge]([CH3])([CH3])[CH3].CCn1c(-c2[c-]ccc3c2oc2ccccc23)nc2ccccc21.[Ir]. The van der Waals surface area contributed by atoms with Crippen molar-refractivity contribution in [3.8, 4) is 22.6 Å². The quantitative estimate of drug-likeness (QED) is 0.128. The van der Waals surface area contributed by atoms with Gasteiger partial charge >= 0.3 is 132 Å². The summed E-state index contributed by atoms with van der Waals surface area (Å²) in [5, 5.41) is 2.23. The van der Waals surface area contributed by atoms with Crippen LogP contribution in [0.2, 0.25) is 17.3 Å². The molecule has 0 aliphatic rings. The summed E-state index contributed by atoms with van der Waals surface area (Å²) in [6, 6.07) is 37.4. The molecule has 0 aliphatic heterocycles. The van der Waals surface area contributed by atoms with Crippen LogP contribution in [0.5, 0.6) is 0 Å². The predicted octanol–water partition coefficient (Wildman–Crippen LogP) is 10.1. The van der Waals surface area contributed by atoms with E-state index in [1.54, 1.807) is 0 Å². The van der Waals surface area contributed by atoms with Crippen LogP contribution in [-0.4, -0.2) is 27.8 Å². The second-order valence-corrected chi connectivity index (χ2v) is 24.4. The average Bonchev–Trinajstić information content (AvgIpc) is 3.59. The molecular weight excluding hydrogens is 803 g/mol. The van der Waals surface area contributed by atoms with Gasteiger partial charge in [-0.25, -0.2) is 0 Å². The fourth-order valence-corrected chi connectivity index (χ4v) is 9.34. The van der Waals surface area contributed by atoms with Gasteiger partial charge in [-0.15, -0.1) is 18.2 Å². The molecule has 0 saturated heterocycles. The van der Waals surface area contributed by atoms with Crippen LogP contribution in [0.15, 0.2) is 102 Å². The Labute approximate surface area is 289 Å². The summed E-state index contributed by atoms with van der Waals surface area (Å²) in [7, 11) is 0. The van der Waals surface area contributed by atoms with E-state index in [9.17, 15) is 0 Å². The third kappa shape index (κ3) is 7.07. The number of fused-ring (bicyclic) bond motifs is 4. The molecule has 3 heterocycles. The first-order chi connectivity index (χ1) is 21.5. The van der Waals surface area contributed by atoms with Crippen LogP contribution in [-0.2, 0) is 33.1 Å². The summed E-state index contributed by atoms with van der Waals surface area (Å²) in [5.41, 5.74) is 8.70. The minimum atomic E-state index is -1.90. The van der Waals surface area contributed by atoms with Crippen molar-refractivity contribution >= 4 is 50.6 Å². The van der Waals surface area contributed by atoms with Gasteiger partial charge in [-0.3, -0.25) is 4.98 Å². The van der Waals surface area contributed by atoms with Crippen molar-refractivity contribution in [2.45, 2.75) is 57.9 Å². The molecule has 0 atom stereocenters. The van der Waals surface area contributed by atoms with Gasteiger partial charge in [0.05, 0.1) is 22.4 Å². The van der Waals surface area contributed by atoms with Crippen molar-refractivity contribution in [2.75, 3.05) is 0 Å². The minimum Gasteiger partial charge on any atom is -0.501 e. The fourth-order valence-electron chi connectivity index (χ4n) is 6.03. The molecule has 7 aromatic rings. The number of aromatic nitrogens is 3. The van der Waals surface area contributed by atoms with Gasteiger partial charge in [0.1, 0.15) is 5.58 Å². The Kier molecular flexibility index (Phi) is 10.1. The van der Waals surface area contributed by atoms with E-state index < -0.39 is 13.3 Å². The number of imidazole rings is 1. The van der Waals surface area contributed by atoms with Crippen molar-refractivity contribution in [1.29, 1.82) is 0 Å². The van der Waals surface area contributed by atoms with Crippen LogP contribution in [0.4, 0.5) is 0 Å². The maximum Gasteiger partial charge on any atom is 0.120 e. The standard InChI is InChI=1S/C21H15N2O.C19H26GeN.Ir/c1-2-23-18-12-5-4-11-17(18)22-21(23)16-10-7-9-15-14-8-3-6-13-19(14)24-20(15)16;1-19(2,3)13-16-12-18(15-10-8-7-9-11-15)21-14-17(16)20(4,5)6;/h3-9,11-13H,2H2,1H3;7-10,12,14H,13H2,1-6H3;/q2*-1;. The number of furan rings is 1. The summed E-state index contributed by atoms with van der Waals surface area (Å²) in [5.74, 6) is 8.23. The van der Waals surface area contributed by atoms with Gasteiger partial charge in [0, 0.05) is 32.0 Å². The first-order valence-electron chi connectivity index (χ1n) is 15.8. The van der Waals surface area contributed by atoms with Gasteiger partial charge in [0.2, 0.25) is 0 Å². The molecule has 0 fully saturated rings. The van der Waals surface area contributed by atoms with Gasteiger partial charge in [-0.2, -0.15) is 0 Å². The third-order valence-electron chi connectivity index (χ3n) is 8.04. The van der Waals surface area contributed by atoms with Gasteiger partial charge < -0.3 is 8.98 Å². The second-order valence-electron chi connectivity index (χ2n) is 13.9. The van der Waals surface area contributed by atoms with E-state index in [0.717, 1.165) is 68.6 Å². The smallest absolute Gasteiger partial charge is 0.120 e. The number of para-hydroxylation sites is 3. The molecule has 6 heteroatoms. The normalized spacial score (nSPS) is 11.8.